The summed E-state index contributed by atoms with van der Waals surface area (Å²) < 4.78 is 0. The molecule has 9 rings (SSSR count). The highest BCUT2D eigenvalue weighted by molar-refractivity contribution is 6.35. The Labute approximate surface area is 217 Å². The maximum atomic E-state index is 4.92. The fraction of sp³-hybridized carbons (Fsp3) is 0. The smallest absolute Gasteiger partial charge is 0.159 e. The molecule has 38 heavy (non-hydrogen) atoms. The molecule has 0 saturated heterocycles. The second-order valence-electron chi connectivity index (χ2n) is 9.89. The summed E-state index contributed by atoms with van der Waals surface area (Å²) in [4.78, 5) is 18.8. The van der Waals surface area contributed by atoms with E-state index in [0.29, 0.717) is 0 Å². The van der Waals surface area contributed by atoms with Gasteiger partial charge >= 0.3 is 0 Å². The topological polar surface area (TPSA) is 51.6 Å². The first-order chi connectivity index (χ1) is 18.8. The molecule has 0 radical (unpaired) electrons. The SMILES string of the molecule is c1cnc2nc(-c3ccc4c5c3ccc3ccc6c(-c7ccc8cccnc8n7)ccc-4c6c35)ccc2c1. The minimum absolute atomic E-state index is 0.769. The van der Waals surface area contributed by atoms with E-state index in [4.69, 9.17) is 9.97 Å². The maximum absolute atomic E-state index is 4.92. The molecule has 0 N–H and O–H groups in total. The van der Waals surface area contributed by atoms with Gasteiger partial charge in [-0.25, -0.2) is 19.9 Å². The van der Waals surface area contributed by atoms with Crippen molar-refractivity contribution in [2.75, 3.05) is 0 Å². The first kappa shape index (κ1) is 19.9. The predicted molar refractivity (Wildman–Crippen MR) is 155 cm³/mol. The fourth-order valence-corrected chi connectivity index (χ4v) is 6.21. The third kappa shape index (κ3) is 2.58. The molecule has 0 atom stereocenters. The molecule has 0 fully saturated rings. The van der Waals surface area contributed by atoms with E-state index in [1.807, 2.05) is 24.3 Å². The van der Waals surface area contributed by atoms with E-state index in [2.05, 4.69) is 82.8 Å². The predicted octanol–water partition coefficient (Wildman–Crippen LogP) is 8.35. The molecule has 0 saturated carbocycles. The van der Waals surface area contributed by atoms with Gasteiger partial charge in [-0.1, -0.05) is 48.5 Å². The number of nitrogens with zero attached hydrogens (tertiary/aromatic N) is 4. The summed E-state index contributed by atoms with van der Waals surface area (Å²) in [5.74, 6) is 0. The van der Waals surface area contributed by atoms with Gasteiger partial charge in [0.1, 0.15) is 0 Å². The van der Waals surface area contributed by atoms with E-state index in [-0.39, 0.29) is 0 Å². The Morgan fingerprint density at radius 3 is 1.37 bits per heavy atom. The Bertz CT molecular complexity index is 2140. The molecule has 174 valence electrons. The van der Waals surface area contributed by atoms with Gasteiger partial charge in [-0.15, -0.1) is 0 Å². The van der Waals surface area contributed by atoms with Crippen molar-refractivity contribution < 1.29 is 0 Å². The Kier molecular flexibility index (Phi) is 3.76. The molecular formula is C34H18N4. The molecule has 1 aliphatic carbocycles. The van der Waals surface area contributed by atoms with Crippen LogP contribution in [0, 0.1) is 0 Å². The molecule has 0 aliphatic heterocycles. The van der Waals surface area contributed by atoms with E-state index in [9.17, 15) is 0 Å². The van der Waals surface area contributed by atoms with Crippen LogP contribution < -0.4 is 0 Å². The molecule has 0 spiro atoms. The van der Waals surface area contributed by atoms with Crippen LogP contribution in [0.4, 0.5) is 0 Å². The lowest BCUT2D eigenvalue weighted by atomic mass is 9.95. The lowest BCUT2D eigenvalue weighted by molar-refractivity contribution is 1.29. The van der Waals surface area contributed by atoms with Crippen molar-refractivity contribution in [1.82, 2.24) is 19.9 Å². The number of hydrogen-bond acceptors (Lipinski definition) is 4. The third-order valence-electron chi connectivity index (χ3n) is 7.91. The Hall–Kier alpha value is -5.22. The van der Waals surface area contributed by atoms with Crippen molar-refractivity contribution >= 4 is 54.4 Å². The van der Waals surface area contributed by atoms with E-state index >= 15 is 0 Å². The lowest BCUT2D eigenvalue weighted by Gasteiger charge is -2.10. The summed E-state index contributed by atoms with van der Waals surface area (Å²) in [7, 11) is 0. The van der Waals surface area contributed by atoms with Gasteiger partial charge in [0, 0.05) is 34.3 Å². The number of fused-ring (bicyclic) bond motifs is 3. The second kappa shape index (κ2) is 7.17. The van der Waals surface area contributed by atoms with Crippen molar-refractivity contribution in [2.24, 2.45) is 0 Å². The highest BCUT2D eigenvalue weighted by Crippen LogP contribution is 2.51. The molecule has 4 heteroatoms. The number of aromatic nitrogens is 4. The van der Waals surface area contributed by atoms with E-state index in [0.717, 1.165) is 44.6 Å². The number of pyridine rings is 4. The van der Waals surface area contributed by atoms with Gasteiger partial charge in [0.25, 0.3) is 0 Å². The summed E-state index contributed by atoms with van der Waals surface area (Å²) in [6.45, 7) is 0. The lowest BCUT2D eigenvalue weighted by Crippen LogP contribution is -1.89. The minimum Gasteiger partial charge on any atom is -0.237 e. The molecule has 0 amide bonds. The van der Waals surface area contributed by atoms with Gasteiger partial charge in [0.2, 0.25) is 0 Å². The summed E-state index contributed by atoms with van der Waals surface area (Å²) in [5, 5.41) is 9.69. The molecule has 4 aromatic heterocycles. The van der Waals surface area contributed by atoms with Crippen LogP contribution in [0.5, 0.6) is 0 Å². The van der Waals surface area contributed by atoms with Gasteiger partial charge in [-0.2, -0.15) is 0 Å². The minimum atomic E-state index is 0.769. The third-order valence-corrected chi connectivity index (χ3v) is 7.91. The van der Waals surface area contributed by atoms with Crippen LogP contribution in [-0.2, 0) is 0 Å². The van der Waals surface area contributed by atoms with Gasteiger partial charge in [0.15, 0.2) is 11.3 Å². The summed E-state index contributed by atoms with van der Waals surface area (Å²) in [6.07, 6.45) is 3.60. The van der Waals surface area contributed by atoms with Gasteiger partial charge in [-0.3, -0.25) is 0 Å². The van der Waals surface area contributed by atoms with Crippen LogP contribution in [0.1, 0.15) is 0 Å². The monoisotopic (exact) mass is 482 g/mol. The van der Waals surface area contributed by atoms with Crippen LogP contribution >= 0.6 is 0 Å². The first-order valence-corrected chi connectivity index (χ1v) is 12.7. The number of hydrogen-bond donors (Lipinski definition) is 0. The molecule has 4 aromatic carbocycles. The molecule has 8 aromatic rings. The molecule has 0 bridgehead atoms. The highest BCUT2D eigenvalue weighted by Gasteiger charge is 2.24. The number of rotatable bonds is 2. The standard InChI is InChI=1S/C34H18N4/c1-3-20-7-15-28(37-33(20)35-17-1)22-11-13-26-27-14-12-23(29-16-8-21-4-2-18-36-34(21)38-29)25-10-6-19-5-9-24(22)31(26)30(19)32(25)27/h1-18H. The van der Waals surface area contributed by atoms with Crippen molar-refractivity contribution in [1.29, 1.82) is 0 Å². The second-order valence-corrected chi connectivity index (χ2v) is 9.89. The van der Waals surface area contributed by atoms with Gasteiger partial charge in [-0.05, 0) is 92.0 Å². The van der Waals surface area contributed by atoms with E-state index in [1.54, 1.807) is 12.4 Å². The zero-order valence-electron chi connectivity index (χ0n) is 20.2. The van der Waals surface area contributed by atoms with Gasteiger partial charge in [0.05, 0.1) is 11.4 Å². The average Bonchev–Trinajstić information content (AvgIpc) is 3.33. The number of benzene rings is 4. The van der Waals surface area contributed by atoms with Crippen molar-refractivity contribution in [2.45, 2.75) is 0 Å². The Morgan fingerprint density at radius 1 is 0.368 bits per heavy atom. The fourth-order valence-electron chi connectivity index (χ4n) is 6.21. The molecule has 4 heterocycles. The van der Waals surface area contributed by atoms with E-state index in [1.165, 1.54) is 43.4 Å². The van der Waals surface area contributed by atoms with Crippen LogP contribution in [0.3, 0.4) is 0 Å². The zero-order chi connectivity index (χ0) is 24.8. The van der Waals surface area contributed by atoms with Gasteiger partial charge < -0.3 is 0 Å². The van der Waals surface area contributed by atoms with Crippen molar-refractivity contribution in [3.05, 3.63) is 109 Å². The largest absolute Gasteiger partial charge is 0.237 e. The van der Waals surface area contributed by atoms with Crippen molar-refractivity contribution in [3.8, 4) is 33.6 Å². The molecule has 4 nitrogen and oxygen atoms in total. The average molecular weight is 483 g/mol. The Morgan fingerprint density at radius 2 is 0.842 bits per heavy atom. The van der Waals surface area contributed by atoms with E-state index < -0.39 is 0 Å². The normalized spacial score (nSPS) is 12.2. The maximum Gasteiger partial charge on any atom is 0.159 e. The van der Waals surface area contributed by atoms with Crippen LogP contribution in [0.15, 0.2) is 109 Å². The highest BCUT2D eigenvalue weighted by atomic mass is 14.8. The summed E-state index contributed by atoms with van der Waals surface area (Å²) >= 11 is 0. The van der Waals surface area contributed by atoms with Crippen LogP contribution in [0.25, 0.3) is 88.0 Å². The molecular weight excluding hydrogens is 464 g/mol. The van der Waals surface area contributed by atoms with Crippen LogP contribution in [-0.4, -0.2) is 19.9 Å². The van der Waals surface area contributed by atoms with Crippen LogP contribution in [0.2, 0.25) is 0 Å². The zero-order valence-corrected chi connectivity index (χ0v) is 20.2. The van der Waals surface area contributed by atoms with Crippen molar-refractivity contribution in [3.63, 3.8) is 0 Å². The first-order valence-electron chi connectivity index (χ1n) is 12.7. The Balaban J connectivity index is 1.33. The summed E-state index contributed by atoms with van der Waals surface area (Å²) in [5.41, 5.74) is 8.24. The quantitative estimate of drug-likeness (QED) is 0.232. The molecule has 1 aliphatic rings. The summed E-state index contributed by atoms with van der Waals surface area (Å²) in [6, 6.07) is 34.3. The molecule has 0 unspecified atom stereocenters.